The molecule has 5 heteroatoms. The lowest BCUT2D eigenvalue weighted by Gasteiger charge is -2.17. The van der Waals surface area contributed by atoms with Crippen molar-refractivity contribution in [1.82, 2.24) is 0 Å². The Morgan fingerprint density at radius 2 is 2.14 bits per heavy atom. The zero-order valence-electron chi connectivity index (χ0n) is 13.3. The average Bonchev–Trinajstić information content (AvgIpc) is 2.79. The van der Waals surface area contributed by atoms with Crippen molar-refractivity contribution in [1.29, 1.82) is 0 Å². The van der Waals surface area contributed by atoms with Gasteiger partial charge in [0.1, 0.15) is 5.75 Å². The van der Waals surface area contributed by atoms with Gasteiger partial charge in [0, 0.05) is 19.1 Å². The number of rotatable bonds is 8. The van der Waals surface area contributed by atoms with Crippen LogP contribution in [-0.2, 0) is 20.7 Å². The van der Waals surface area contributed by atoms with E-state index in [9.17, 15) is 4.79 Å². The first-order valence-corrected chi connectivity index (χ1v) is 7.94. The summed E-state index contributed by atoms with van der Waals surface area (Å²) < 4.78 is 16.3. The molecule has 0 spiro atoms. The Morgan fingerprint density at radius 3 is 2.86 bits per heavy atom. The van der Waals surface area contributed by atoms with Crippen molar-refractivity contribution in [2.45, 2.75) is 45.3 Å². The molecule has 122 valence electrons. The Kier molecular flexibility index (Phi) is 6.21. The van der Waals surface area contributed by atoms with Gasteiger partial charge in [-0.25, -0.2) is 0 Å². The van der Waals surface area contributed by atoms with Crippen molar-refractivity contribution < 1.29 is 19.0 Å². The van der Waals surface area contributed by atoms with Crippen molar-refractivity contribution in [2.75, 3.05) is 19.8 Å². The van der Waals surface area contributed by atoms with Gasteiger partial charge in [0.05, 0.1) is 19.3 Å². The van der Waals surface area contributed by atoms with Crippen LogP contribution in [0.25, 0.3) is 0 Å². The zero-order valence-corrected chi connectivity index (χ0v) is 13.3. The first kappa shape index (κ1) is 16.8. The molecule has 0 bridgehead atoms. The number of esters is 1. The van der Waals surface area contributed by atoms with E-state index in [0.717, 1.165) is 17.7 Å². The summed E-state index contributed by atoms with van der Waals surface area (Å²) in [6.45, 7) is 5.35. The summed E-state index contributed by atoms with van der Waals surface area (Å²) in [4.78, 5) is 11.3. The van der Waals surface area contributed by atoms with E-state index >= 15 is 0 Å². The van der Waals surface area contributed by atoms with Crippen LogP contribution in [0.5, 0.6) is 5.75 Å². The smallest absolute Gasteiger partial charge is 0.305 e. The van der Waals surface area contributed by atoms with Gasteiger partial charge in [0.2, 0.25) is 0 Å². The largest absolute Gasteiger partial charge is 0.494 e. The first-order chi connectivity index (χ1) is 10.7. The van der Waals surface area contributed by atoms with Gasteiger partial charge in [-0.1, -0.05) is 6.07 Å². The molecule has 1 aromatic carbocycles. The van der Waals surface area contributed by atoms with E-state index in [4.69, 9.17) is 19.9 Å². The van der Waals surface area contributed by atoms with Crippen LogP contribution < -0.4 is 10.5 Å². The van der Waals surface area contributed by atoms with E-state index in [0.29, 0.717) is 32.7 Å². The highest BCUT2D eigenvalue weighted by Gasteiger charge is 2.30. The summed E-state index contributed by atoms with van der Waals surface area (Å²) in [6, 6.07) is 5.98. The first-order valence-electron chi connectivity index (χ1n) is 7.94. The average molecular weight is 307 g/mol. The Morgan fingerprint density at radius 1 is 1.32 bits per heavy atom. The van der Waals surface area contributed by atoms with Crippen molar-refractivity contribution >= 4 is 5.97 Å². The molecule has 0 amide bonds. The van der Waals surface area contributed by atoms with Gasteiger partial charge >= 0.3 is 5.97 Å². The molecule has 0 aliphatic heterocycles. The lowest BCUT2D eigenvalue weighted by atomic mass is 10.1. The fraction of sp³-hybridized carbons (Fsp3) is 0.588. The van der Waals surface area contributed by atoms with Gasteiger partial charge < -0.3 is 19.9 Å². The number of ether oxygens (including phenoxy) is 3. The number of carbonyl (C=O) groups is 1. The van der Waals surface area contributed by atoms with Gasteiger partial charge in [0.25, 0.3) is 0 Å². The van der Waals surface area contributed by atoms with E-state index in [2.05, 4.69) is 0 Å². The van der Waals surface area contributed by atoms with E-state index in [1.807, 2.05) is 25.1 Å². The lowest BCUT2D eigenvalue weighted by molar-refractivity contribution is -0.143. The maximum absolute atomic E-state index is 11.3. The van der Waals surface area contributed by atoms with E-state index in [1.54, 1.807) is 6.92 Å². The molecule has 2 unspecified atom stereocenters. The number of fused-ring (bicyclic) bond motifs is 1. The number of benzene rings is 1. The van der Waals surface area contributed by atoms with Crippen LogP contribution in [0.4, 0.5) is 0 Å². The maximum Gasteiger partial charge on any atom is 0.305 e. The second-order valence-corrected chi connectivity index (χ2v) is 5.36. The van der Waals surface area contributed by atoms with Gasteiger partial charge in [0.15, 0.2) is 0 Å². The van der Waals surface area contributed by atoms with Crippen molar-refractivity contribution in [3.8, 4) is 5.75 Å². The van der Waals surface area contributed by atoms with Crippen LogP contribution in [0.1, 0.15) is 43.9 Å². The van der Waals surface area contributed by atoms with Crippen LogP contribution in [0.2, 0.25) is 0 Å². The predicted octanol–water partition coefficient (Wildman–Crippen LogP) is 2.37. The normalized spacial score (nSPS) is 19.8. The van der Waals surface area contributed by atoms with Crippen molar-refractivity contribution in [3.63, 3.8) is 0 Å². The van der Waals surface area contributed by atoms with Crippen LogP contribution in [0.3, 0.4) is 0 Å². The molecule has 1 aliphatic rings. The summed E-state index contributed by atoms with van der Waals surface area (Å²) in [6.07, 6.45) is 1.71. The molecule has 2 N–H and O–H groups in total. The summed E-state index contributed by atoms with van der Waals surface area (Å²) in [5.74, 6) is 0.694. The lowest BCUT2D eigenvalue weighted by Crippen LogP contribution is -2.27. The van der Waals surface area contributed by atoms with Gasteiger partial charge in [-0.15, -0.1) is 0 Å². The standard InChI is InChI=1S/C17H25NO4/c1-3-20-13-7-8-14-12(10-13)11-15(18)17(14)22-9-5-6-16(19)21-4-2/h7-8,10,15,17H,3-6,9,11,18H2,1-2H3. The van der Waals surface area contributed by atoms with Gasteiger partial charge in [-0.3, -0.25) is 4.79 Å². The summed E-state index contributed by atoms with van der Waals surface area (Å²) >= 11 is 0. The fourth-order valence-corrected chi connectivity index (χ4v) is 2.76. The number of hydrogen-bond acceptors (Lipinski definition) is 5. The predicted molar refractivity (Wildman–Crippen MR) is 83.9 cm³/mol. The van der Waals surface area contributed by atoms with Crippen molar-refractivity contribution in [3.05, 3.63) is 29.3 Å². The van der Waals surface area contributed by atoms with Crippen LogP contribution >= 0.6 is 0 Å². The molecule has 2 rings (SSSR count). The summed E-state index contributed by atoms with van der Waals surface area (Å²) in [7, 11) is 0. The molecule has 5 nitrogen and oxygen atoms in total. The van der Waals surface area contributed by atoms with Crippen LogP contribution in [0.15, 0.2) is 18.2 Å². The minimum absolute atomic E-state index is 0.0468. The molecule has 0 saturated carbocycles. The number of nitrogens with two attached hydrogens (primary N) is 1. The van der Waals surface area contributed by atoms with Crippen LogP contribution in [0, 0.1) is 0 Å². The van der Waals surface area contributed by atoms with Crippen LogP contribution in [-0.4, -0.2) is 31.8 Å². The second kappa shape index (κ2) is 8.15. The molecule has 0 radical (unpaired) electrons. The third-order valence-electron chi connectivity index (χ3n) is 3.70. The van der Waals surface area contributed by atoms with E-state index < -0.39 is 0 Å². The molecule has 22 heavy (non-hydrogen) atoms. The Bertz CT molecular complexity index is 503. The molecule has 0 saturated heterocycles. The molecule has 1 aliphatic carbocycles. The molecule has 0 heterocycles. The SMILES string of the molecule is CCOC(=O)CCCOC1c2ccc(OCC)cc2CC1N. The number of carbonyl (C=O) groups excluding carboxylic acids is 1. The third-order valence-corrected chi connectivity index (χ3v) is 3.70. The maximum atomic E-state index is 11.3. The minimum atomic E-state index is -0.177. The molecule has 0 aromatic heterocycles. The highest BCUT2D eigenvalue weighted by molar-refractivity contribution is 5.69. The van der Waals surface area contributed by atoms with Crippen molar-refractivity contribution in [2.24, 2.45) is 5.73 Å². The van der Waals surface area contributed by atoms with Gasteiger partial charge in [-0.2, -0.15) is 0 Å². The molecular weight excluding hydrogens is 282 g/mol. The zero-order chi connectivity index (χ0) is 15.9. The Balaban J connectivity index is 1.87. The summed E-state index contributed by atoms with van der Waals surface area (Å²) in [5, 5.41) is 0. The fourth-order valence-electron chi connectivity index (χ4n) is 2.76. The molecule has 2 atom stereocenters. The van der Waals surface area contributed by atoms with E-state index in [-0.39, 0.29) is 18.1 Å². The second-order valence-electron chi connectivity index (χ2n) is 5.36. The molecular formula is C17H25NO4. The van der Waals surface area contributed by atoms with E-state index in [1.165, 1.54) is 5.56 Å². The topological polar surface area (TPSA) is 70.8 Å². The van der Waals surface area contributed by atoms with Gasteiger partial charge in [-0.05, 0) is 49.9 Å². The quantitative estimate of drug-likeness (QED) is 0.590. The summed E-state index contributed by atoms with van der Waals surface area (Å²) in [5.41, 5.74) is 8.51. The molecule has 1 aromatic rings. The third kappa shape index (κ3) is 4.21. The molecule has 0 fully saturated rings. The highest BCUT2D eigenvalue weighted by Crippen LogP contribution is 2.35. The Hall–Kier alpha value is -1.59. The number of hydrogen-bond donors (Lipinski definition) is 1. The highest BCUT2D eigenvalue weighted by atomic mass is 16.5. The monoisotopic (exact) mass is 307 g/mol. The minimum Gasteiger partial charge on any atom is -0.494 e. The Labute approximate surface area is 131 Å².